The van der Waals surface area contributed by atoms with Crippen LogP contribution in [0.1, 0.15) is 25.7 Å². The van der Waals surface area contributed by atoms with Crippen molar-refractivity contribution in [2.24, 2.45) is 0 Å². The van der Waals surface area contributed by atoms with Crippen LogP contribution in [-0.4, -0.2) is 42.8 Å². The first-order valence-corrected chi connectivity index (χ1v) is 7.36. The Labute approximate surface area is 121 Å². The summed E-state index contributed by atoms with van der Waals surface area (Å²) in [5.41, 5.74) is 0.867. The number of nitrogens with one attached hydrogen (secondary N) is 1. The van der Waals surface area contributed by atoms with E-state index in [1.165, 1.54) is 0 Å². The number of hydrogen-bond donors (Lipinski definition) is 1. The second-order valence-electron chi connectivity index (χ2n) is 5.37. The fourth-order valence-corrected chi connectivity index (χ4v) is 2.57. The molecular formula is C16H24N2O2. The van der Waals surface area contributed by atoms with Crippen LogP contribution in [0.25, 0.3) is 0 Å². The number of amides is 1. The smallest absolute Gasteiger partial charge is 0.410 e. The lowest BCUT2D eigenvalue weighted by Crippen LogP contribution is -2.50. The number of hydrogen-bond acceptors (Lipinski definition) is 3. The average Bonchev–Trinajstić information content (AvgIpc) is 3.29. The molecule has 2 fully saturated rings. The number of allylic oxidation sites excluding steroid dienone is 2. The molecule has 1 saturated heterocycles. The highest BCUT2D eigenvalue weighted by Crippen LogP contribution is 2.31. The topological polar surface area (TPSA) is 41.6 Å². The molecule has 0 aromatic carbocycles. The third kappa shape index (κ3) is 3.97. The van der Waals surface area contributed by atoms with Crippen LogP contribution in [0.5, 0.6) is 0 Å². The Morgan fingerprint density at radius 2 is 2.10 bits per heavy atom. The van der Waals surface area contributed by atoms with Gasteiger partial charge >= 0.3 is 6.09 Å². The van der Waals surface area contributed by atoms with Crippen molar-refractivity contribution in [2.75, 3.05) is 19.7 Å². The van der Waals surface area contributed by atoms with Crippen LogP contribution >= 0.6 is 0 Å². The molecule has 1 aliphatic heterocycles. The van der Waals surface area contributed by atoms with Crippen LogP contribution < -0.4 is 5.32 Å². The summed E-state index contributed by atoms with van der Waals surface area (Å²) in [6, 6.07) is 0.655. The zero-order chi connectivity index (χ0) is 14.4. The first kappa shape index (κ1) is 14.9. The second-order valence-corrected chi connectivity index (χ2v) is 5.37. The number of rotatable bonds is 6. The van der Waals surface area contributed by atoms with E-state index in [1.54, 1.807) is 12.2 Å². The molecule has 1 atom stereocenters. The maximum atomic E-state index is 12.3. The average molecular weight is 276 g/mol. The summed E-state index contributed by atoms with van der Waals surface area (Å²) in [7, 11) is 0. The van der Waals surface area contributed by atoms with E-state index in [1.807, 2.05) is 11.0 Å². The Hall–Kier alpha value is -1.55. The van der Waals surface area contributed by atoms with E-state index in [2.05, 4.69) is 18.5 Å². The number of piperidine rings is 1. The Morgan fingerprint density at radius 1 is 1.30 bits per heavy atom. The highest BCUT2D eigenvalue weighted by Gasteiger charge is 2.38. The van der Waals surface area contributed by atoms with Gasteiger partial charge in [0.05, 0.1) is 0 Å². The molecule has 0 spiro atoms. The minimum atomic E-state index is -0.196. The van der Waals surface area contributed by atoms with Gasteiger partial charge in [0.15, 0.2) is 0 Å². The molecule has 0 radical (unpaired) electrons. The van der Waals surface area contributed by atoms with Gasteiger partial charge in [-0.3, -0.25) is 0 Å². The zero-order valence-electron chi connectivity index (χ0n) is 12.0. The third-order valence-corrected chi connectivity index (χ3v) is 3.77. The predicted octanol–water partition coefficient (Wildman–Crippen LogP) is 2.64. The van der Waals surface area contributed by atoms with Gasteiger partial charge in [0.25, 0.3) is 0 Å². The fraction of sp³-hybridized carbons (Fsp3) is 0.562. The van der Waals surface area contributed by atoms with Gasteiger partial charge < -0.3 is 15.0 Å². The highest BCUT2D eigenvalue weighted by molar-refractivity contribution is 5.69. The van der Waals surface area contributed by atoms with Gasteiger partial charge in [-0.05, 0) is 37.8 Å². The first-order chi connectivity index (χ1) is 9.76. The van der Waals surface area contributed by atoms with Gasteiger partial charge in [-0.15, -0.1) is 0 Å². The molecule has 4 nitrogen and oxygen atoms in total. The van der Waals surface area contributed by atoms with Gasteiger partial charge in [-0.2, -0.15) is 0 Å². The highest BCUT2D eigenvalue weighted by atomic mass is 16.6. The molecule has 1 heterocycles. The minimum absolute atomic E-state index is 0.196. The molecule has 1 saturated carbocycles. The molecule has 1 aliphatic carbocycles. The SMILES string of the molecule is C=C/C=C(\C=C)COC(=O)N(C1CC1)C1CCCNC1. The van der Waals surface area contributed by atoms with Gasteiger partial charge in [-0.25, -0.2) is 4.79 Å². The van der Waals surface area contributed by atoms with E-state index in [0.717, 1.165) is 44.3 Å². The van der Waals surface area contributed by atoms with Crippen molar-refractivity contribution in [2.45, 2.75) is 37.8 Å². The normalized spacial score (nSPS) is 23.0. The summed E-state index contributed by atoms with van der Waals surface area (Å²) in [6.45, 7) is 9.54. The molecule has 20 heavy (non-hydrogen) atoms. The van der Waals surface area contributed by atoms with Crippen molar-refractivity contribution in [3.63, 3.8) is 0 Å². The predicted molar refractivity (Wildman–Crippen MR) is 80.6 cm³/mol. The van der Waals surface area contributed by atoms with Crippen molar-refractivity contribution in [3.05, 3.63) is 37.0 Å². The molecule has 0 aromatic heterocycles. The largest absolute Gasteiger partial charge is 0.445 e. The first-order valence-electron chi connectivity index (χ1n) is 7.36. The lowest BCUT2D eigenvalue weighted by Gasteiger charge is -2.34. The van der Waals surface area contributed by atoms with Crippen molar-refractivity contribution in [1.82, 2.24) is 10.2 Å². The van der Waals surface area contributed by atoms with Crippen LogP contribution in [-0.2, 0) is 4.74 Å². The van der Waals surface area contributed by atoms with E-state index in [4.69, 9.17) is 4.74 Å². The molecule has 1 amide bonds. The summed E-state index contributed by atoms with van der Waals surface area (Å²) in [4.78, 5) is 14.3. The minimum Gasteiger partial charge on any atom is -0.445 e. The molecular weight excluding hydrogens is 252 g/mol. The zero-order valence-corrected chi connectivity index (χ0v) is 12.0. The maximum Gasteiger partial charge on any atom is 0.410 e. The van der Waals surface area contributed by atoms with Crippen LogP contribution in [0, 0.1) is 0 Å². The van der Waals surface area contributed by atoms with Gasteiger partial charge in [0, 0.05) is 18.6 Å². The Morgan fingerprint density at radius 3 is 2.65 bits per heavy atom. The number of nitrogens with zero attached hydrogens (tertiary/aromatic N) is 1. The van der Waals surface area contributed by atoms with E-state index in [0.29, 0.717) is 6.04 Å². The molecule has 0 aromatic rings. The van der Waals surface area contributed by atoms with E-state index in [-0.39, 0.29) is 18.7 Å². The standard InChI is InChI=1S/C16H24N2O2/c1-3-6-13(4-2)12-20-16(19)18(14-8-9-14)15-7-5-10-17-11-15/h3-4,6,14-15,17H,1-2,5,7-12H2/b13-6+. The molecule has 1 unspecified atom stereocenters. The molecule has 0 bridgehead atoms. The van der Waals surface area contributed by atoms with Crippen LogP contribution in [0.4, 0.5) is 4.79 Å². The maximum absolute atomic E-state index is 12.3. The number of carbonyl (C=O) groups is 1. The summed E-state index contributed by atoms with van der Waals surface area (Å²) in [5, 5.41) is 3.36. The van der Waals surface area contributed by atoms with Gasteiger partial charge in [0.2, 0.25) is 0 Å². The molecule has 110 valence electrons. The Kier molecular flexibility index (Phi) is 5.41. The number of ether oxygens (including phenoxy) is 1. The van der Waals surface area contributed by atoms with Gasteiger partial charge in [0.1, 0.15) is 6.61 Å². The third-order valence-electron chi connectivity index (χ3n) is 3.77. The molecule has 1 N–H and O–H groups in total. The Bertz CT molecular complexity index is 393. The van der Waals surface area contributed by atoms with Crippen molar-refractivity contribution < 1.29 is 9.53 Å². The fourth-order valence-electron chi connectivity index (χ4n) is 2.57. The second kappa shape index (κ2) is 7.29. The van der Waals surface area contributed by atoms with Crippen LogP contribution in [0.3, 0.4) is 0 Å². The van der Waals surface area contributed by atoms with Gasteiger partial charge in [-0.1, -0.05) is 31.4 Å². The number of carbonyl (C=O) groups excluding carboxylic acids is 1. The lowest BCUT2D eigenvalue weighted by molar-refractivity contribution is 0.0829. The summed E-state index contributed by atoms with van der Waals surface area (Å²) < 4.78 is 5.44. The van der Waals surface area contributed by atoms with Crippen LogP contribution in [0.2, 0.25) is 0 Å². The molecule has 2 rings (SSSR count). The van der Waals surface area contributed by atoms with Crippen molar-refractivity contribution in [3.8, 4) is 0 Å². The van der Waals surface area contributed by atoms with Crippen LogP contribution in [0.15, 0.2) is 37.0 Å². The van der Waals surface area contributed by atoms with E-state index in [9.17, 15) is 4.79 Å². The van der Waals surface area contributed by atoms with Crippen molar-refractivity contribution in [1.29, 1.82) is 0 Å². The summed E-state index contributed by atoms with van der Waals surface area (Å²) in [5.74, 6) is 0. The van der Waals surface area contributed by atoms with E-state index < -0.39 is 0 Å². The molecule has 2 aliphatic rings. The quantitative estimate of drug-likeness (QED) is 0.758. The molecule has 4 heteroatoms. The van der Waals surface area contributed by atoms with Crippen molar-refractivity contribution >= 4 is 6.09 Å². The lowest BCUT2D eigenvalue weighted by atomic mass is 10.1. The summed E-state index contributed by atoms with van der Waals surface area (Å²) >= 11 is 0. The Balaban J connectivity index is 1.91. The summed E-state index contributed by atoms with van der Waals surface area (Å²) in [6.07, 6.45) is 9.37. The van der Waals surface area contributed by atoms with E-state index >= 15 is 0 Å². The monoisotopic (exact) mass is 276 g/mol.